The first-order valence-electron chi connectivity index (χ1n) is 5.02. The predicted molar refractivity (Wildman–Crippen MR) is 57.7 cm³/mol. The first-order chi connectivity index (χ1) is 7.16. The highest BCUT2D eigenvalue weighted by Crippen LogP contribution is 2.21. The van der Waals surface area contributed by atoms with Gasteiger partial charge >= 0.3 is 0 Å². The Morgan fingerprint density at radius 1 is 1.80 bits per heavy atom. The minimum Gasteiger partial charge on any atom is -0.391 e. The number of aliphatic hydroxyl groups excluding tert-OH is 1. The molecular formula is C10H14N2O2S. The van der Waals surface area contributed by atoms with Gasteiger partial charge in [-0.2, -0.15) is 0 Å². The van der Waals surface area contributed by atoms with Gasteiger partial charge in [0.05, 0.1) is 17.5 Å². The van der Waals surface area contributed by atoms with E-state index < -0.39 is 6.10 Å². The van der Waals surface area contributed by atoms with Gasteiger partial charge in [0, 0.05) is 30.6 Å². The Labute approximate surface area is 92.6 Å². The molecule has 1 aromatic rings. The standard InChI is InChI=1S/C10H14N2O2S/c1-7(10-11-2-3-15-10)5-12-6-8(13)4-9(12)14/h2-3,7-8,13H,4-6H2,1H3. The topological polar surface area (TPSA) is 53.4 Å². The maximum absolute atomic E-state index is 11.4. The van der Waals surface area contributed by atoms with Gasteiger partial charge in [-0.15, -0.1) is 11.3 Å². The fourth-order valence-electron chi connectivity index (χ4n) is 1.81. The van der Waals surface area contributed by atoms with Gasteiger partial charge < -0.3 is 10.0 Å². The molecule has 1 aromatic heterocycles. The molecule has 1 aliphatic heterocycles. The van der Waals surface area contributed by atoms with Crippen LogP contribution in [0.1, 0.15) is 24.3 Å². The lowest BCUT2D eigenvalue weighted by Gasteiger charge is -2.19. The number of hydrogen-bond acceptors (Lipinski definition) is 4. The smallest absolute Gasteiger partial charge is 0.225 e. The molecule has 15 heavy (non-hydrogen) atoms. The summed E-state index contributed by atoms with van der Waals surface area (Å²) in [6.45, 7) is 3.18. The van der Waals surface area contributed by atoms with E-state index in [-0.39, 0.29) is 18.2 Å². The highest BCUT2D eigenvalue weighted by atomic mass is 32.1. The summed E-state index contributed by atoms with van der Waals surface area (Å²) in [7, 11) is 0. The molecule has 2 atom stereocenters. The SMILES string of the molecule is CC(CN1CC(O)CC1=O)c1nccs1. The summed E-state index contributed by atoms with van der Waals surface area (Å²) in [5.41, 5.74) is 0. The lowest BCUT2D eigenvalue weighted by Crippen LogP contribution is -2.29. The Kier molecular flexibility index (Phi) is 3.02. The van der Waals surface area contributed by atoms with Crippen LogP contribution in [0.25, 0.3) is 0 Å². The summed E-state index contributed by atoms with van der Waals surface area (Å²) in [5, 5.41) is 12.3. The van der Waals surface area contributed by atoms with Gasteiger partial charge in [0.15, 0.2) is 0 Å². The second-order valence-corrected chi connectivity index (χ2v) is 4.85. The molecule has 1 fully saturated rings. The number of hydrogen-bond donors (Lipinski definition) is 1. The third kappa shape index (κ3) is 2.35. The molecule has 82 valence electrons. The molecule has 1 amide bonds. The Hall–Kier alpha value is -0.940. The predicted octanol–water partition coefficient (Wildman–Crippen LogP) is 0.840. The van der Waals surface area contributed by atoms with E-state index in [1.807, 2.05) is 5.38 Å². The number of amides is 1. The first kappa shape index (κ1) is 10.6. The zero-order valence-corrected chi connectivity index (χ0v) is 9.41. The van der Waals surface area contributed by atoms with Crippen LogP contribution in [0.15, 0.2) is 11.6 Å². The van der Waals surface area contributed by atoms with E-state index in [0.717, 1.165) is 5.01 Å². The van der Waals surface area contributed by atoms with Crippen molar-refractivity contribution in [3.8, 4) is 0 Å². The molecule has 2 rings (SSSR count). The minimum atomic E-state index is -0.485. The van der Waals surface area contributed by atoms with Gasteiger partial charge in [0.1, 0.15) is 0 Å². The van der Waals surface area contributed by atoms with Crippen molar-refractivity contribution in [2.75, 3.05) is 13.1 Å². The molecule has 1 aliphatic rings. The molecule has 0 aliphatic carbocycles. The Bertz CT molecular complexity index is 339. The van der Waals surface area contributed by atoms with E-state index in [2.05, 4.69) is 11.9 Å². The third-order valence-corrected chi connectivity index (χ3v) is 3.57. The van der Waals surface area contributed by atoms with Crippen LogP contribution in [-0.4, -0.2) is 40.1 Å². The summed E-state index contributed by atoms with van der Waals surface area (Å²) in [6, 6.07) is 0. The van der Waals surface area contributed by atoms with Gasteiger partial charge in [-0.25, -0.2) is 4.98 Å². The van der Waals surface area contributed by atoms with E-state index in [4.69, 9.17) is 0 Å². The van der Waals surface area contributed by atoms with Crippen LogP contribution in [-0.2, 0) is 4.79 Å². The van der Waals surface area contributed by atoms with Crippen molar-refractivity contribution >= 4 is 17.2 Å². The van der Waals surface area contributed by atoms with Crippen molar-refractivity contribution in [3.63, 3.8) is 0 Å². The molecule has 5 heteroatoms. The van der Waals surface area contributed by atoms with Crippen LogP contribution < -0.4 is 0 Å². The molecule has 0 spiro atoms. The second kappa shape index (κ2) is 4.28. The fourth-order valence-corrected chi connectivity index (χ4v) is 2.50. The molecular weight excluding hydrogens is 212 g/mol. The molecule has 0 aromatic carbocycles. The normalized spacial score (nSPS) is 23.5. The van der Waals surface area contributed by atoms with Crippen molar-refractivity contribution in [3.05, 3.63) is 16.6 Å². The zero-order chi connectivity index (χ0) is 10.8. The van der Waals surface area contributed by atoms with Crippen molar-refractivity contribution < 1.29 is 9.90 Å². The summed E-state index contributed by atoms with van der Waals surface area (Å²) >= 11 is 1.60. The van der Waals surface area contributed by atoms with Crippen LogP contribution in [0.3, 0.4) is 0 Å². The van der Waals surface area contributed by atoms with E-state index in [9.17, 15) is 9.90 Å². The Morgan fingerprint density at radius 3 is 3.13 bits per heavy atom. The van der Waals surface area contributed by atoms with Crippen LogP contribution in [0.4, 0.5) is 0 Å². The monoisotopic (exact) mass is 226 g/mol. The van der Waals surface area contributed by atoms with Crippen LogP contribution in [0, 0.1) is 0 Å². The number of rotatable bonds is 3. The molecule has 4 nitrogen and oxygen atoms in total. The number of aromatic nitrogens is 1. The van der Waals surface area contributed by atoms with Crippen molar-refractivity contribution in [2.24, 2.45) is 0 Å². The Balaban J connectivity index is 1.95. The summed E-state index contributed by atoms with van der Waals surface area (Å²) in [4.78, 5) is 17.4. The quantitative estimate of drug-likeness (QED) is 0.831. The van der Waals surface area contributed by atoms with E-state index in [1.165, 1.54) is 0 Å². The minimum absolute atomic E-state index is 0.0471. The summed E-state index contributed by atoms with van der Waals surface area (Å²) < 4.78 is 0. The van der Waals surface area contributed by atoms with E-state index in [0.29, 0.717) is 13.1 Å². The van der Waals surface area contributed by atoms with Crippen molar-refractivity contribution in [1.82, 2.24) is 9.88 Å². The van der Waals surface area contributed by atoms with Crippen LogP contribution >= 0.6 is 11.3 Å². The van der Waals surface area contributed by atoms with Crippen LogP contribution in [0.2, 0.25) is 0 Å². The molecule has 2 unspecified atom stereocenters. The molecule has 1 saturated heterocycles. The highest BCUT2D eigenvalue weighted by Gasteiger charge is 2.29. The molecule has 2 heterocycles. The van der Waals surface area contributed by atoms with E-state index >= 15 is 0 Å². The average molecular weight is 226 g/mol. The maximum atomic E-state index is 11.4. The second-order valence-electron chi connectivity index (χ2n) is 3.93. The first-order valence-corrected chi connectivity index (χ1v) is 5.90. The van der Waals surface area contributed by atoms with Crippen molar-refractivity contribution in [2.45, 2.75) is 25.4 Å². The number of aliphatic hydroxyl groups is 1. The van der Waals surface area contributed by atoms with Crippen LogP contribution in [0.5, 0.6) is 0 Å². The number of β-amino-alcohol motifs (C(OH)–C–C–N with tert-alkyl or cyclic N) is 1. The number of thiazole rings is 1. The summed E-state index contributed by atoms with van der Waals surface area (Å²) in [5.74, 6) is 0.296. The molecule has 0 bridgehead atoms. The third-order valence-electron chi connectivity index (χ3n) is 2.56. The van der Waals surface area contributed by atoms with Gasteiger partial charge in [0.25, 0.3) is 0 Å². The van der Waals surface area contributed by atoms with E-state index in [1.54, 1.807) is 22.4 Å². The molecule has 1 N–H and O–H groups in total. The van der Waals surface area contributed by atoms with Crippen molar-refractivity contribution in [1.29, 1.82) is 0 Å². The largest absolute Gasteiger partial charge is 0.391 e. The maximum Gasteiger partial charge on any atom is 0.225 e. The number of carbonyl (C=O) groups is 1. The molecule has 0 radical (unpaired) electrons. The summed E-state index contributed by atoms with van der Waals surface area (Å²) in [6.07, 6.45) is 1.56. The van der Waals surface area contributed by atoms with Gasteiger partial charge in [-0.05, 0) is 0 Å². The molecule has 0 saturated carbocycles. The number of carbonyl (C=O) groups excluding carboxylic acids is 1. The van der Waals surface area contributed by atoms with Gasteiger partial charge in [-0.3, -0.25) is 4.79 Å². The average Bonchev–Trinajstić information content (AvgIpc) is 2.76. The highest BCUT2D eigenvalue weighted by molar-refractivity contribution is 7.09. The number of likely N-dealkylation sites (tertiary alicyclic amines) is 1. The van der Waals surface area contributed by atoms with Gasteiger partial charge in [0.2, 0.25) is 5.91 Å². The lowest BCUT2D eigenvalue weighted by atomic mass is 10.2. The Morgan fingerprint density at radius 2 is 2.60 bits per heavy atom. The van der Waals surface area contributed by atoms with Gasteiger partial charge in [-0.1, -0.05) is 6.92 Å². The fraction of sp³-hybridized carbons (Fsp3) is 0.600. The zero-order valence-electron chi connectivity index (χ0n) is 8.59. The number of nitrogens with zero attached hydrogens (tertiary/aromatic N) is 2. The lowest BCUT2D eigenvalue weighted by molar-refractivity contribution is -0.127.